The second-order valence-electron chi connectivity index (χ2n) is 4.76. The van der Waals surface area contributed by atoms with E-state index in [0.717, 1.165) is 6.42 Å². The highest BCUT2D eigenvalue weighted by Crippen LogP contribution is 2.33. The van der Waals surface area contributed by atoms with Crippen LogP contribution in [0.5, 0.6) is 5.75 Å². The summed E-state index contributed by atoms with van der Waals surface area (Å²) in [6.07, 6.45) is 1.87. The molecule has 0 saturated heterocycles. The predicted molar refractivity (Wildman–Crippen MR) is 91.4 cm³/mol. The molecule has 23 heavy (non-hydrogen) atoms. The van der Waals surface area contributed by atoms with Gasteiger partial charge in [-0.2, -0.15) is 4.72 Å². The van der Waals surface area contributed by atoms with E-state index in [1.807, 2.05) is 6.92 Å². The van der Waals surface area contributed by atoms with E-state index in [2.05, 4.69) is 25.4 Å². The summed E-state index contributed by atoms with van der Waals surface area (Å²) in [5.41, 5.74) is 0. The van der Waals surface area contributed by atoms with Crippen LogP contribution in [-0.2, 0) is 19.6 Å². The van der Waals surface area contributed by atoms with Gasteiger partial charge >= 0.3 is 5.97 Å². The average Bonchev–Trinajstić information content (AvgIpc) is 2.50. The molecule has 0 aromatic heterocycles. The van der Waals surface area contributed by atoms with Gasteiger partial charge in [0.1, 0.15) is 11.8 Å². The van der Waals surface area contributed by atoms with Gasteiger partial charge in [0.15, 0.2) is 0 Å². The Hall–Kier alpha value is -0.830. The number of nitrogens with one attached hydrogen (secondary N) is 1. The first-order valence-corrected chi connectivity index (χ1v) is 9.55. The summed E-state index contributed by atoms with van der Waals surface area (Å²) in [5, 5.41) is 0.272. The van der Waals surface area contributed by atoms with Crippen molar-refractivity contribution >= 4 is 43.5 Å². The predicted octanol–water partition coefficient (Wildman–Crippen LogP) is 3.12. The van der Waals surface area contributed by atoms with Crippen LogP contribution in [0.25, 0.3) is 0 Å². The zero-order valence-electron chi connectivity index (χ0n) is 13.1. The van der Waals surface area contributed by atoms with Crippen molar-refractivity contribution in [1.82, 2.24) is 4.72 Å². The number of benzene rings is 1. The first-order valence-electron chi connectivity index (χ1n) is 6.90. The van der Waals surface area contributed by atoms with Crippen molar-refractivity contribution in [2.45, 2.75) is 37.1 Å². The molecule has 0 fully saturated rings. The van der Waals surface area contributed by atoms with E-state index in [0.29, 0.717) is 12.8 Å². The summed E-state index contributed by atoms with van der Waals surface area (Å²) in [6, 6.07) is 1.77. The second kappa shape index (κ2) is 8.86. The van der Waals surface area contributed by atoms with E-state index in [9.17, 15) is 13.2 Å². The van der Waals surface area contributed by atoms with Crippen molar-refractivity contribution < 1.29 is 22.7 Å². The molecule has 0 aliphatic carbocycles. The SMILES string of the molecule is CCCC[C@@H](NS(=O)(=O)c1cc(OC)c(Cl)cc1Br)C(=O)OC. The van der Waals surface area contributed by atoms with E-state index in [1.165, 1.54) is 26.4 Å². The number of halogens is 2. The minimum absolute atomic E-state index is 0.0656. The molecule has 130 valence electrons. The normalized spacial score (nSPS) is 12.7. The van der Waals surface area contributed by atoms with Crippen LogP contribution in [0, 0.1) is 0 Å². The maximum absolute atomic E-state index is 12.6. The van der Waals surface area contributed by atoms with Crippen LogP contribution in [0.15, 0.2) is 21.5 Å². The fraction of sp³-hybridized carbons (Fsp3) is 0.500. The van der Waals surface area contributed by atoms with E-state index < -0.39 is 22.0 Å². The lowest BCUT2D eigenvalue weighted by Crippen LogP contribution is -2.41. The third-order valence-corrected chi connectivity index (χ3v) is 5.85. The molecule has 1 rings (SSSR count). The number of ether oxygens (including phenoxy) is 2. The smallest absolute Gasteiger partial charge is 0.323 e. The number of sulfonamides is 1. The molecule has 0 spiro atoms. The summed E-state index contributed by atoms with van der Waals surface area (Å²) in [7, 11) is -1.36. The first kappa shape index (κ1) is 20.2. The molecule has 0 radical (unpaired) electrons. The third kappa shape index (κ3) is 5.34. The summed E-state index contributed by atoms with van der Waals surface area (Å²) >= 11 is 9.12. The number of rotatable bonds is 8. The molecule has 0 saturated carbocycles. The van der Waals surface area contributed by atoms with Crippen LogP contribution in [0.2, 0.25) is 5.02 Å². The van der Waals surface area contributed by atoms with Crippen molar-refractivity contribution in [3.8, 4) is 5.75 Å². The first-order chi connectivity index (χ1) is 10.8. The van der Waals surface area contributed by atoms with Crippen molar-refractivity contribution in [2.24, 2.45) is 0 Å². The molecule has 0 aliphatic rings. The van der Waals surface area contributed by atoms with Crippen LogP contribution in [-0.4, -0.2) is 34.6 Å². The highest BCUT2D eigenvalue weighted by atomic mass is 79.9. The molecule has 6 nitrogen and oxygen atoms in total. The fourth-order valence-electron chi connectivity index (χ4n) is 1.90. The zero-order chi connectivity index (χ0) is 17.6. The number of methoxy groups -OCH3 is 2. The minimum atomic E-state index is -3.96. The Morgan fingerprint density at radius 3 is 2.57 bits per heavy atom. The van der Waals surface area contributed by atoms with Crippen LogP contribution in [0.1, 0.15) is 26.2 Å². The quantitative estimate of drug-likeness (QED) is 0.643. The monoisotopic (exact) mass is 427 g/mol. The number of hydrogen-bond donors (Lipinski definition) is 1. The lowest BCUT2D eigenvalue weighted by Gasteiger charge is -2.17. The lowest BCUT2D eigenvalue weighted by molar-refractivity contribution is -0.142. The van der Waals surface area contributed by atoms with Gasteiger partial charge in [-0.1, -0.05) is 31.4 Å². The number of unbranched alkanes of at least 4 members (excludes halogenated alkanes) is 1. The molecule has 1 aromatic rings. The largest absolute Gasteiger partial charge is 0.495 e. The van der Waals surface area contributed by atoms with Crippen molar-refractivity contribution in [3.05, 3.63) is 21.6 Å². The van der Waals surface area contributed by atoms with Crippen molar-refractivity contribution in [2.75, 3.05) is 14.2 Å². The van der Waals surface area contributed by atoms with Gasteiger partial charge in [0.2, 0.25) is 10.0 Å². The van der Waals surface area contributed by atoms with Gasteiger partial charge in [-0.05, 0) is 28.4 Å². The Morgan fingerprint density at radius 1 is 1.39 bits per heavy atom. The maximum atomic E-state index is 12.6. The lowest BCUT2D eigenvalue weighted by atomic mass is 10.1. The summed E-state index contributed by atoms with van der Waals surface area (Å²) in [6.45, 7) is 1.95. The molecular formula is C14H19BrClNO5S. The number of esters is 1. The molecule has 0 amide bonds. The summed E-state index contributed by atoms with van der Waals surface area (Å²) < 4.78 is 37.5. The Morgan fingerprint density at radius 2 is 2.04 bits per heavy atom. The Labute approximate surface area is 149 Å². The average molecular weight is 429 g/mol. The topological polar surface area (TPSA) is 81.7 Å². The number of carbonyl (C=O) groups is 1. The van der Waals surface area contributed by atoms with Gasteiger partial charge in [-0.15, -0.1) is 0 Å². The van der Waals surface area contributed by atoms with Gasteiger partial charge in [0, 0.05) is 10.5 Å². The van der Waals surface area contributed by atoms with Gasteiger partial charge in [-0.3, -0.25) is 4.79 Å². The molecule has 0 heterocycles. The van der Waals surface area contributed by atoms with E-state index in [4.69, 9.17) is 16.3 Å². The van der Waals surface area contributed by atoms with Gasteiger partial charge in [0.25, 0.3) is 0 Å². The Balaban J connectivity index is 3.16. The van der Waals surface area contributed by atoms with Crippen LogP contribution in [0.4, 0.5) is 0 Å². The Bertz CT molecular complexity index is 665. The second-order valence-corrected chi connectivity index (χ2v) is 7.70. The highest BCUT2D eigenvalue weighted by molar-refractivity contribution is 9.10. The third-order valence-electron chi connectivity index (χ3n) is 3.13. The number of hydrogen-bond acceptors (Lipinski definition) is 5. The zero-order valence-corrected chi connectivity index (χ0v) is 16.2. The van der Waals surface area contributed by atoms with Crippen LogP contribution in [0.3, 0.4) is 0 Å². The highest BCUT2D eigenvalue weighted by Gasteiger charge is 2.28. The van der Waals surface area contributed by atoms with E-state index >= 15 is 0 Å². The van der Waals surface area contributed by atoms with Gasteiger partial charge in [-0.25, -0.2) is 8.42 Å². The van der Waals surface area contributed by atoms with E-state index in [-0.39, 0.29) is 20.1 Å². The number of carbonyl (C=O) groups excluding carboxylic acids is 1. The molecule has 0 aliphatic heterocycles. The van der Waals surface area contributed by atoms with Crippen molar-refractivity contribution in [3.63, 3.8) is 0 Å². The van der Waals surface area contributed by atoms with E-state index in [1.54, 1.807) is 0 Å². The molecule has 1 atom stereocenters. The molecule has 9 heteroatoms. The fourth-order valence-corrected chi connectivity index (χ4v) is 4.55. The molecule has 0 unspecified atom stereocenters. The molecule has 1 aromatic carbocycles. The van der Waals surface area contributed by atoms with Gasteiger partial charge in [0.05, 0.1) is 24.1 Å². The summed E-state index contributed by atoms with van der Waals surface area (Å²) in [4.78, 5) is 11.7. The summed E-state index contributed by atoms with van der Waals surface area (Å²) in [5.74, 6) is -0.405. The molecule has 1 N–H and O–H groups in total. The van der Waals surface area contributed by atoms with Crippen LogP contribution < -0.4 is 9.46 Å². The minimum Gasteiger partial charge on any atom is -0.495 e. The van der Waals surface area contributed by atoms with Crippen molar-refractivity contribution in [1.29, 1.82) is 0 Å². The molecular weight excluding hydrogens is 410 g/mol. The Kier molecular flexibility index (Phi) is 7.79. The standard InChI is InChI=1S/C14H19BrClNO5S/c1-4-5-6-11(14(18)22-3)17-23(19,20)13-8-12(21-2)10(16)7-9(13)15/h7-8,11,17H,4-6H2,1-3H3/t11-/m1/s1. The van der Waals surface area contributed by atoms with Gasteiger partial charge < -0.3 is 9.47 Å². The van der Waals surface area contributed by atoms with Crippen LogP contribution >= 0.6 is 27.5 Å². The molecule has 0 bridgehead atoms. The maximum Gasteiger partial charge on any atom is 0.323 e.